The van der Waals surface area contributed by atoms with Crippen molar-refractivity contribution in [3.63, 3.8) is 0 Å². The van der Waals surface area contributed by atoms with Crippen molar-refractivity contribution < 1.29 is 22.4 Å². The summed E-state index contributed by atoms with van der Waals surface area (Å²) in [5.41, 5.74) is -1.47. The summed E-state index contributed by atoms with van der Waals surface area (Å²) in [6.45, 7) is 3.98. The van der Waals surface area contributed by atoms with E-state index in [-0.39, 0.29) is 22.7 Å². The number of amides is 1. The molecule has 0 spiro atoms. The number of carbonyl (C=O) groups excluding carboxylic acids is 1. The Balaban J connectivity index is 1.96. The highest BCUT2D eigenvalue weighted by Gasteiger charge is 2.34. The van der Waals surface area contributed by atoms with Gasteiger partial charge in [0.1, 0.15) is 5.82 Å². The monoisotopic (exact) mass is 424 g/mol. The number of nitrogens with one attached hydrogen (secondary N) is 1. The van der Waals surface area contributed by atoms with E-state index < -0.39 is 29.3 Å². The second-order valence-electron chi connectivity index (χ2n) is 6.90. The number of benzene rings is 1. The number of hydrogen-bond donors (Lipinski definition) is 1. The molecule has 0 aliphatic carbocycles. The van der Waals surface area contributed by atoms with Crippen LogP contribution in [0.25, 0.3) is 5.65 Å². The molecule has 0 saturated heterocycles. The maximum atomic E-state index is 13.6. The number of aromatic nitrogens is 3. The maximum absolute atomic E-state index is 13.6. The number of fused-ring (bicyclic) bond motifs is 1. The second-order valence-corrected chi connectivity index (χ2v) is 6.90. The molecule has 160 valence electrons. The smallest absolute Gasteiger partial charge is 0.352 e. The highest BCUT2D eigenvalue weighted by Crippen LogP contribution is 2.33. The minimum Gasteiger partial charge on any atom is -0.352 e. The molecule has 6 nitrogen and oxygen atoms in total. The van der Waals surface area contributed by atoms with Gasteiger partial charge >= 0.3 is 11.9 Å². The number of unbranched alkanes of at least 4 members (excludes halogenated alkanes) is 1. The summed E-state index contributed by atoms with van der Waals surface area (Å²) in [4.78, 5) is 25.0. The summed E-state index contributed by atoms with van der Waals surface area (Å²) < 4.78 is 54.7. The van der Waals surface area contributed by atoms with Gasteiger partial charge in [0.25, 0.3) is 5.91 Å². The van der Waals surface area contributed by atoms with Gasteiger partial charge in [0.15, 0.2) is 5.65 Å². The minimum atomic E-state index is -4.86. The van der Waals surface area contributed by atoms with Gasteiger partial charge in [-0.3, -0.25) is 4.79 Å². The van der Waals surface area contributed by atoms with E-state index in [0.29, 0.717) is 18.7 Å². The zero-order chi connectivity index (χ0) is 22.1. The third kappa shape index (κ3) is 4.22. The lowest BCUT2D eigenvalue weighted by atomic mass is 10.0. The highest BCUT2D eigenvalue weighted by atomic mass is 19.4. The Kier molecular flexibility index (Phi) is 5.95. The van der Waals surface area contributed by atoms with Gasteiger partial charge in [0.2, 0.25) is 0 Å². The van der Waals surface area contributed by atoms with Crippen LogP contribution in [0.3, 0.4) is 0 Å². The Morgan fingerprint density at radius 2 is 1.97 bits per heavy atom. The summed E-state index contributed by atoms with van der Waals surface area (Å²) in [6.07, 6.45) is -1.78. The average Bonchev–Trinajstić information content (AvgIpc) is 3.03. The first-order valence-electron chi connectivity index (χ1n) is 9.39. The van der Waals surface area contributed by atoms with Crippen LogP contribution >= 0.6 is 0 Å². The van der Waals surface area contributed by atoms with Crippen molar-refractivity contribution >= 4 is 11.6 Å². The Morgan fingerprint density at radius 3 is 2.63 bits per heavy atom. The van der Waals surface area contributed by atoms with E-state index in [2.05, 4.69) is 10.4 Å². The van der Waals surface area contributed by atoms with Gasteiger partial charge in [-0.15, -0.1) is 5.10 Å². The van der Waals surface area contributed by atoms with E-state index in [1.165, 1.54) is 31.3 Å². The van der Waals surface area contributed by atoms with E-state index in [1.807, 2.05) is 6.92 Å². The Morgan fingerprint density at radius 1 is 1.23 bits per heavy atom. The van der Waals surface area contributed by atoms with Crippen LogP contribution in [0.4, 0.5) is 17.6 Å². The van der Waals surface area contributed by atoms with Gasteiger partial charge in [0.05, 0.1) is 17.2 Å². The molecule has 0 fully saturated rings. The lowest BCUT2D eigenvalue weighted by Crippen LogP contribution is -2.27. The van der Waals surface area contributed by atoms with Crippen LogP contribution in [0.15, 0.2) is 41.3 Å². The highest BCUT2D eigenvalue weighted by molar-refractivity contribution is 5.94. The first-order chi connectivity index (χ1) is 14.1. The first-order valence-corrected chi connectivity index (χ1v) is 9.39. The molecular formula is C20H20F4N4O2. The summed E-state index contributed by atoms with van der Waals surface area (Å²) in [5.74, 6) is -1.73. The molecule has 1 N–H and O–H groups in total. The van der Waals surface area contributed by atoms with E-state index in [9.17, 15) is 27.2 Å². The number of pyridine rings is 1. The van der Waals surface area contributed by atoms with E-state index in [4.69, 9.17) is 0 Å². The molecule has 0 bridgehead atoms. The van der Waals surface area contributed by atoms with Crippen molar-refractivity contribution in [1.29, 1.82) is 0 Å². The van der Waals surface area contributed by atoms with Gasteiger partial charge in [-0.1, -0.05) is 19.4 Å². The Bertz CT molecular complexity index is 1130. The molecule has 0 aliphatic rings. The van der Waals surface area contributed by atoms with Crippen molar-refractivity contribution in [3.8, 4) is 0 Å². The predicted molar refractivity (Wildman–Crippen MR) is 102 cm³/mol. The standard InChI is InChI=1S/C20H20F4N4O2/c1-3-4-9-25-18(29)14-6-8-17-26-28(19(30)27(17)11-14)12(2)13-5-7-16(21)15(10-13)20(22,23)24/h5-8,10-12H,3-4,9H2,1-2H3,(H,25,29). The molecule has 0 aliphatic heterocycles. The molecule has 1 amide bonds. The Labute approximate surface area is 169 Å². The first kappa shape index (κ1) is 21.5. The van der Waals surface area contributed by atoms with Crippen LogP contribution in [0.2, 0.25) is 0 Å². The van der Waals surface area contributed by atoms with E-state index in [1.54, 1.807) is 0 Å². The van der Waals surface area contributed by atoms with Gasteiger partial charge < -0.3 is 5.32 Å². The number of alkyl halides is 3. The molecule has 3 aromatic rings. The number of carbonyl (C=O) groups is 1. The fraction of sp³-hybridized carbons (Fsp3) is 0.350. The van der Waals surface area contributed by atoms with Crippen LogP contribution in [-0.4, -0.2) is 26.6 Å². The number of halogens is 4. The molecule has 0 saturated carbocycles. The van der Waals surface area contributed by atoms with Crippen molar-refractivity contribution in [2.75, 3.05) is 6.54 Å². The lowest BCUT2D eigenvalue weighted by Gasteiger charge is -2.14. The third-order valence-corrected chi connectivity index (χ3v) is 4.76. The maximum Gasteiger partial charge on any atom is 0.419 e. The van der Waals surface area contributed by atoms with Crippen molar-refractivity contribution in [2.24, 2.45) is 0 Å². The van der Waals surface area contributed by atoms with Gasteiger partial charge in [0, 0.05) is 12.7 Å². The van der Waals surface area contributed by atoms with Crippen molar-refractivity contribution in [2.45, 2.75) is 38.9 Å². The lowest BCUT2D eigenvalue weighted by molar-refractivity contribution is -0.140. The van der Waals surface area contributed by atoms with Crippen molar-refractivity contribution in [3.05, 3.63) is 69.5 Å². The quantitative estimate of drug-likeness (QED) is 0.484. The molecule has 30 heavy (non-hydrogen) atoms. The van der Waals surface area contributed by atoms with Crippen LogP contribution in [-0.2, 0) is 6.18 Å². The minimum absolute atomic E-state index is 0.0757. The molecule has 10 heteroatoms. The fourth-order valence-electron chi connectivity index (χ4n) is 3.02. The predicted octanol–water partition coefficient (Wildman–Crippen LogP) is 3.79. The summed E-state index contributed by atoms with van der Waals surface area (Å²) in [6, 6.07) is 4.67. The number of hydrogen-bond acceptors (Lipinski definition) is 3. The summed E-state index contributed by atoms with van der Waals surface area (Å²) >= 11 is 0. The number of rotatable bonds is 6. The van der Waals surface area contributed by atoms with Crippen molar-refractivity contribution in [1.82, 2.24) is 19.5 Å². The van der Waals surface area contributed by atoms with Gasteiger partial charge in [-0.05, 0) is 43.2 Å². The van der Waals surface area contributed by atoms with Gasteiger partial charge in [-0.25, -0.2) is 18.3 Å². The largest absolute Gasteiger partial charge is 0.419 e. The normalized spacial score (nSPS) is 12.9. The SMILES string of the molecule is CCCCNC(=O)c1ccc2nn(C(C)c3ccc(F)c(C(F)(F)F)c3)c(=O)n2c1. The van der Waals surface area contributed by atoms with E-state index >= 15 is 0 Å². The zero-order valence-corrected chi connectivity index (χ0v) is 16.3. The summed E-state index contributed by atoms with van der Waals surface area (Å²) in [5, 5.41) is 6.88. The van der Waals surface area contributed by atoms with Crippen LogP contribution < -0.4 is 11.0 Å². The van der Waals surface area contributed by atoms with E-state index in [0.717, 1.165) is 21.9 Å². The molecular weight excluding hydrogens is 404 g/mol. The molecule has 1 unspecified atom stereocenters. The second kappa shape index (κ2) is 8.29. The van der Waals surface area contributed by atoms with Crippen LogP contribution in [0.1, 0.15) is 54.2 Å². The third-order valence-electron chi connectivity index (χ3n) is 4.76. The molecule has 2 heterocycles. The zero-order valence-electron chi connectivity index (χ0n) is 16.3. The molecule has 3 rings (SSSR count). The number of nitrogens with zero attached hydrogens (tertiary/aromatic N) is 3. The van der Waals surface area contributed by atoms with Crippen LogP contribution in [0.5, 0.6) is 0 Å². The summed E-state index contributed by atoms with van der Waals surface area (Å²) in [7, 11) is 0. The van der Waals surface area contributed by atoms with Crippen LogP contribution in [0, 0.1) is 5.82 Å². The van der Waals surface area contributed by atoms with Gasteiger partial charge in [-0.2, -0.15) is 13.2 Å². The Hall–Kier alpha value is -3.17. The molecule has 0 radical (unpaired) electrons. The average molecular weight is 424 g/mol. The molecule has 1 atom stereocenters. The molecule has 1 aromatic carbocycles. The molecule has 2 aromatic heterocycles. The fourth-order valence-corrected chi connectivity index (χ4v) is 3.02. The topological polar surface area (TPSA) is 68.4 Å².